The van der Waals surface area contributed by atoms with Gasteiger partial charge in [0.05, 0.1) is 18.8 Å². The third-order valence-electron chi connectivity index (χ3n) is 4.71. The normalized spacial score (nSPS) is 12.5. The second-order valence-corrected chi connectivity index (χ2v) is 9.07. The molecule has 1 N–H and O–H groups in total. The summed E-state index contributed by atoms with van der Waals surface area (Å²) in [6, 6.07) is 10.7. The van der Waals surface area contributed by atoms with Crippen molar-refractivity contribution in [3.05, 3.63) is 59.4 Å². The van der Waals surface area contributed by atoms with Crippen LogP contribution in [0.3, 0.4) is 0 Å². The first-order valence-corrected chi connectivity index (χ1v) is 10.9. The van der Waals surface area contributed by atoms with E-state index in [0.29, 0.717) is 6.42 Å². The summed E-state index contributed by atoms with van der Waals surface area (Å²) >= 11 is 0. The average molecular weight is 438 g/mol. The standard InChI is InChI=1S/C21H28FN3O4S/c1-6-18(16-11-12-20(29-5)15(2)13-16)23-21(26)14-25(30(27,28)24(3)4)19-10-8-7-9-17(19)22/h7-13,18H,6,14H2,1-5H3,(H,23,26)/t18-/m1/s1. The smallest absolute Gasteiger partial charge is 0.304 e. The van der Waals surface area contributed by atoms with Crippen LogP contribution in [0.4, 0.5) is 10.1 Å². The molecule has 0 spiro atoms. The number of anilines is 1. The number of aryl methyl sites for hydroxylation is 1. The maximum Gasteiger partial charge on any atom is 0.304 e. The van der Waals surface area contributed by atoms with Gasteiger partial charge in [0.1, 0.15) is 18.1 Å². The van der Waals surface area contributed by atoms with Gasteiger partial charge in [-0.05, 0) is 42.7 Å². The van der Waals surface area contributed by atoms with Gasteiger partial charge in [-0.2, -0.15) is 12.7 Å². The van der Waals surface area contributed by atoms with Crippen LogP contribution in [0.5, 0.6) is 5.75 Å². The number of carbonyl (C=O) groups is 1. The largest absolute Gasteiger partial charge is 0.496 e. The molecule has 164 valence electrons. The fourth-order valence-corrected chi connectivity index (χ4v) is 4.12. The molecule has 0 aliphatic rings. The molecule has 1 atom stereocenters. The maximum absolute atomic E-state index is 14.3. The van der Waals surface area contributed by atoms with Crippen molar-refractivity contribution < 1.29 is 22.3 Å². The Morgan fingerprint density at radius 3 is 2.40 bits per heavy atom. The number of carbonyl (C=O) groups excluding carboxylic acids is 1. The molecule has 2 rings (SSSR count). The van der Waals surface area contributed by atoms with Crippen LogP contribution in [0.15, 0.2) is 42.5 Å². The Bertz CT molecular complexity index is 995. The Morgan fingerprint density at radius 1 is 1.20 bits per heavy atom. The van der Waals surface area contributed by atoms with Gasteiger partial charge in [-0.15, -0.1) is 0 Å². The van der Waals surface area contributed by atoms with E-state index in [4.69, 9.17) is 4.74 Å². The minimum absolute atomic E-state index is 0.185. The summed E-state index contributed by atoms with van der Waals surface area (Å²) in [5, 5.41) is 2.85. The Labute approximate surface area is 177 Å². The Morgan fingerprint density at radius 2 is 1.87 bits per heavy atom. The molecule has 0 saturated carbocycles. The molecule has 0 bridgehead atoms. The first-order valence-electron chi connectivity index (χ1n) is 9.50. The van der Waals surface area contributed by atoms with Crippen molar-refractivity contribution in [2.75, 3.05) is 32.1 Å². The van der Waals surface area contributed by atoms with Crippen LogP contribution >= 0.6 is 0 Å². The van der Waals surface area contributed by atoms with E-state index < -0.39 is 28.5 Å². The van der Waals surface area contributed by atoms with Crippen LogP contribution in [0.25, 0.3) is 0 Å². The third-order valence-corrected chi connectivity index (χ3v) is 6.52. The molecule has 0 aromatic heterocycles. The lowest BCUT2D eigenvalue weighted by molar-refractivity contribution is -0.120. The highest BCUT2D eigenvalue weighted by Crippen LogP contribution is 2.25. The first kappa shape index (κ1) is 23.6. The molecule has 2 aromatic carbocycles. The van der Waals surface area contributed by atoms with Gasteiger partial charge in [0.2, 0.25) is 5.91 Å². The SMILES string of the molecule is CC[C@@H](NC(=O)CN(c1ccccc1F)S(=O)(=O)N(C)C)c1ccc(OC)c(C)c1. The number of amides is 1. The van der Waals surface area contributed by atoms with Crippen molar-refractivity contribution in [2.45, 2.75) is 26.3 Å². The van der Waals surface area contributed by atoms with E-state index in [9.17, 15) is 17.6 Å². The predicted octanol–water partition coefficient (Wildman–Crippen LogP) is 3.02. The van der Waals surface area contributed by atoms with E-state index in [-0.39, 0.29) is 11.7 Å². The van der Waals surface area contributed by atoms with E-state index in [0.717, 1.165) is 31.6 Å². The second kappa shape index (κ2) is 9.90. The summed E-state index contributed by atoms with van der Waals surface area (Å²) in [4.78, 5) is 12.8. The fourth-order valence-electron chi connectivity index (χ4n) is 3.05. The number of methoxy groups -OCH3 is 1. The number of para-hydroxylation sites is 1. The van der Waals surface area contributed by atoms with Gasteiger partial charge in [0.15, 0.2) is 0 Å². The summed E-state index contributed by atoms with van der Waals surface area (Å²) in [5.74, 6) is -0.528. The lowest BCUT2D eigenvalue weighted by atomic mass is 10.0. The number of rotatable bonds is 9. The van der Waals surface area contributed by atoms with Gasteiger partial charge in [-0.3, -0.25) is 4.79 Å². The van der Waals surface area contributed by atoms with E-state index in [1.807, 2.05) is 32.0 Å². The van der Waals surface area contributed by atoms with Crippen LogP contribution < -0.4 is 14.4 Å². The number of hydrogen-bond acceptors (Lipinski definition) is 4. The van der Waals surface area contributed by atoms with Gasteiger partial charge < -0.3 is 10.1 Å². The van der Waals surface area contributed by atoms with E-state index >= 15 is 0 Å². The lowest BCUT2D eigenvalue weighted by Gasteiger charge is -2.28. The number of benzene rings is 2. The molecule has 0 saturated heterocycles. The quantitative estimate of drug-likeness (QED) is 0.654. The molecule has 0 unspecified atom stereocenters. The molecule has 9 heteroatoms. The highest BCUT2D eigenvalue weighted by molar-refractivity contribution is 7.90. The molecule has 1 amide bonds. The minimum Gasteiger partial charge on any atom is -0.496 e. The van der Waals surface area contributed by atoms with Crippen molar-refractivity contribution >= 4 is 21.8 Å². The minimum atomic E-state index is -4.08. The molecule has 0 aliphatic heterocycles. The van der Waals surface area contributed by atoms with Crippen molar-refractivity contribution in [2.24, 2.45) is 0 Å². The third kappa shape index (κ3) is 5.28. The van der Waals surface area contributed by atoms with Crippen molar-refractivity contribution in [3.63, 3.8) is 0 Å². The molecular formula is C21H28FN3O4S. The zero-order chi connectivity index (χ0) is 22.5. The number of nitrogens with zero attached hydrogens (tertiary/aromatic N) is 2. The van der Waals surface area contributed by atoms with Gasteiger partial charge in [0.25, 0.3) is 0 Å². The zero-order valence-corrected chi connectivity index (χ0v) is 18.7. The summed E-state index contributed by atoms with van der Waals surface area (Å²) in [7, 11) is 0.163. The van der Waals surface area contributed by atoms with Crippen molar-refractivity contribution in [1.82, 2.24) is 9.62 Å². The molecule has 0 aliphatic carbocycles. The summed E-state index contributed by atoms with van der Waals surface area (Å²) in [6.45, 7) is 3.27. The summed E-state index contributed by atoms with van der Waals surface area (Å²) in [5.41, 5.74) is 1.61. The molecule has 0 heterocycles. The number of nitrogens with one attached hydrogen (secondary N) is 1. The Balaban J connectivity index is 2.29. The highest BCUT2D eigenvalue weighted by atomic mass is 32.2. The van der Waals surface area contributed by atoms with Crippen LogP contribution in [0.1, 0.15) is 30.5 Å². The zero-order valence-electron chi connectivity index (χ0n) is 17.8. The van der Waals surface area contributed by atoms with E-state index in [1.165, 1.54) is 32.3 Å². The summed E-state index contributed by atoms with van der Waals surface area (Å²) < 4.78 is 46.8. The van der Waals surface area contributed by atoms with Crippen LogP contribution in [-0.4, -0.2) is 46.4 Å². The topological polar surface area (TPSA) is 79.0 Å². The molecular weight excluding hydrogens is 409 g/mol. The number of hydrogen-bond donors (Lipinski definition) is 1. The fraction of sp³-hybridized carbons (Fsp3) is 0.381. The Kier molecular flexibility index (Phi) is 7.80. The average Bonchev–Trinajstić information content (AvgIpc) is 2.70. The number of halogens is 1. The molecule has 0 radical (unpaired) electrons. The van der Waals surface area contributed by atoms with Crippen molar-refractivity contribution in [1.29, 1.82) is 0 Å². The Hall–Kier alpha value is -2.65. The van der Waals surface area contributed by atoms with Gasteiger partial charge in [-0.1, -0.05) is 31.2 Å². The lowest BCUT2D eigenvalue weighted by Crippen LogP contribution is -2.46. The molecule has 30 heavy (non-hydrogen) atoms. The molecule has 2 aromatic rings. The van der Waals surface area contributed by atoms with Crippen LogP contribution in [-0.2, 0) is 15.0 Å². The molecule has 0 fully saturated rings. The van der Waals surface area contributed by atoms with Gasteiger partial charge in [-0.25, -0.2) is 8.70 Å². The predicted molar refractivity (Wildman–Crippen MR) is 115 cm³/mol. The van der Waals surface area contributed by atoms with E-state index in [1.54, 1.807) is 7.11 Å². The van der Waals surface area contributed by atoms with Gasteiger partial charge in [0, 0.05) is 14.1 Å². The second-order valence-electron chi connectivity index (χ2n) is 7.01. The molecule has 7 nitrogen and oxygen atoms in total. The van der Waals surface area contributed by atoms with Gasteiger partial charge >= 0.3 is 10.2 Å². The van der Waals surface area contributed by atoms with Crippen molar-refractivity contribution in [3.8, 4) is 5.75 Å². The monoisotopic (exact) mass is 437 g/mol. The maximum atomic E-state index is 14.3. The summed E-state index contributed by atoms with van der Waals surface area (Å²) in [6.07, 6.45) is 0.595. The van der Waals surface area contributed by atoms with Crippen LogP contribution in [0, 0.1) is 12.7 Å². The highest BCUT2D eigenvalue weighted by Gasteiger charge is 2.29. The first-order chi connectivity index (χ1) is 14.1. The number of ether oxygens (including phenoxy) is 1. The van der Waals surface area contributed by atoms with Crippen LogP contribution in [0.2, 0.25) is 0 Å². The van der Waals surface area contributed by atoms with E-state index in [2.05, 4.69) is 5.32 Å².